The first kappa shape index (κ1) is 19.0. The molecule has 0 aromatic heterocycles. The molecule has 2 aromatic rings. The quantitative estimate of drug-likeness (QED) is 0.814. The van der Waals surface area contributed by atoms with Gasteiger partial charge in [0.2, 0.25) is 5.91 Å². The molecule has 6 heteroatoms. The number of nitrogens with one attached hydrogen (secondary N) is 1. The largest absolute Gasteiger partial charge is 0.378 e. The Labute approximate surface area is 157 Å². The van der Waals surface area contributed by atoms with Gasteiger partial charge in [-0.15, -0.1) is 0 Å². The fourth-order valence-corrected chi connectivity index (χ4v) is 2.96. The van der Waals surface area contributed by atoms with Crippen molar-refractivity contribution in [2.45, 2.75) is 13.0 Å². The summed E-state index contributed by atoms with van der Waals surface area (Å²) < 4.78 is 31.9. The van der Waals surface area contributed by atoms with Crippen molar-refractivity contribution < 1.29 is 18.3 Å². The number of carbonyl (C=O) groups is 1. The Morgan fingerprint density at radius 1 is 1.19 bits per heavy atom. The molecule has 0 radical (unpaired) electrons. The molecular weight excluding hydrogens is 350 g/mol. The number of ether oxygens (including phenoxy) is 1. The van der Waals surface area contributed by atoms with Gasteiger partial charge >= 0.3 is 0 Å². The lowest BCUT2D eigenvalue weighted by atomic mass is 10.1. The normalized spacial score (nSPS) is 15.7. The predicted molar refractivity (Wildman–Crippen MR) is 101 cm³/mol. The maximum Gasteiger partial charge on any atom is 0.244 e. The summed E-state index contributed by atoms with van der Waals surface area (Å²) in [6.07, 6.45) is 2.58. The first-order chi connectivity index (χ1) is 13.0. The average molecular weight is 372 g/mol. The topological polar surface area (TPSA) is 41.6 Å². The molecule has 27 heavy (non-hydrogen) atoms. The van der Waals surface area contributed by atoms with Crippen molar-refractivity contribution in [3.63, 3.8) is 0 Å². The molecule has 142 valence electrons. The summed E-state index contributed by atoms with van der Waals surface area (Å²) in [5.74, 6) is -1.70. The number of hydrogen-bond acceptors (Lipinski definition) is 3. The first-order valence-corrected chi connectivity index (χ1v) is 8.89. The molecule has 1 saturated heterocycles. The second-order valence-electron chi connectivity index (χ2n) is 6.42. The average Bonchev–Trinajstić information content (AvgIpc) is 2.68. The minimum atomic E-state index is -0.703. The van der Waals surface area contributed by atoms with Gasteiger partial charge in [-0.3, -0.25) is 4.79 Å². The van der Waals surface area contributed by atoms with Crippen LogP contribution in [0, 0.1) is 11.6 Å². The molecule has 4 nitrogen and oxygen atoms in total. The van der Waals surface area contributed by atoms with Crippen LogP contribution in [-0.2, 0) is 9.53 Å². The lowest BCUT2D eigenvalue weighted by Crippen LogP contribution is -2.36. The van der Waals surface area contributed by atoms with Gasteiger partial charge in [0.1, 0.15) is 11.6 Å². The SMILES string of the molecule is CC(NC(=O)/C=C/c1ccc(F)cc1F)c1cccc(N2CCOCC2)c1. The van der Waals surface area contributed by atoms with E-state index in [2.05, 4.69) is 16.3 Å². The highest BCUT2D eigenvalue weighted by molar-refractivity contribution is 5.92. The molecule has 0 saturated carbocycles. The molecule has 3 rings (SSSR count). The van der Waals surface area contributed by atoms with Crippen molar-refractivity contribution in [1.29, 1.82) is 0 Å². The van der Waals surface area contributed by atoms with Crippen molar-refractivity contribution in [2.24, 2.45) is 0 Å². The number of halogens is 2. The second-order valence-corrected chi connectivity index (χ2v) is 6.42. The van der Waals surface area contributed by atoms with E-state index in [1.807, 2.05) is 25.1 Å². The summed E-state index contributed by atoms with van der Waals surface area (Å²) in [6.45, 7) is 5.00. The molecule has 0 aliphatic carbocycles. The van der Waals surface area contributed by atoms with Crippen LogP contribution in [0.1, 0.15) is 24.1 Å². The molecule has 1 fully saturated rings. The fourth-order valence-electron chi connectivity index (χ4n) is 2.96. The van der Waals surface area contributed by atoms with Crippen LogP contribution in [0.2, 0.25) is 0 Å². The maximum atomic E-state index is 13.6. The number of hydrogen-bond donors (Lipinski definition) is 1. The van der Waals surface area contributed by atoms with Gasteiger partial charge in [-0.1, -0.05) is 12.1 Å². The van der Waals surface area contributed by atoms with Gasteiger partial charge in [-0.05, 0) is 42.8 Å². The highest BCUT2D eigenvalue weighted by Crippen LogP contribution is 2.21. The molecule has 1 amide bonds. The molecule has 1 N–H and O–H groups in total. The molecule has 2 aromatic carbocycles. The van der Waals surface area contributed by atoms with Gasteiger partial charge in [0, 0.05) is 36.5 Å². The third kappa shape index (κ3) is 5.14. The zero-order chi connectivity index (χ0) is 19.2. The van der Waals surface area contributed by atoms with Crippen LogP contribution in [0.4, 0.5) is 14.5 Å². The van der Waals surface area contributed by atoms with Crippen molar-refractivity contribution in [2.75, 3.05) is 31.2 Å². The zero-order valence-corrected chi connectivity index (χ0v) is 15.1. The molecule has 0 spiro atoms. The number of carbonyl (C=O) groups excluding carboxylic acids is 1. The Morgan fingerprint density at radius 2 is 1.96 bits per heavy atom. The standard InChI is InChI=1S/C21H22F2N2O2/c1-15(17-3-2-4-19(13-17)25-9-11-27-12-10-25)24-21(26)8-6-16-5-7-18(22)14-20(16)23/h2-8,13-15H,9-12H2,1H3,(H,24,26)/b8-6+. The van der Waals surface area contributed by atoms with Crippen LogP contribution in [0.5, 0.6) is 0 Å². The summed E-state index contributed by atoms with van der Waals surface area (Å²) in [5.41, 5.74) is 2.24. The number of benzene rings is 2. The van der Waals surface area contributed by atoms with Crippen molar-refractivity contribution >= 4 is 17.7 Å². The minimum Gasteiger partial charge on any atom is -0.378 e. The molecule has 1 atom stereocenters. The van der Waals surface area contributed by atoms with Crippen LogP contribution >= 0.6 is 0 Å². The molecule has 1 aliphatic heterocycles. The van der Waals surface area contributed by atoms with Crippen molar-refractivity contribution in [3.8, 4) is 0 Å². The van der Waals surface area contributed by atoms with Crippen LogP contribution in [-0.4, -0.2) is 32.2 Å². The lowest BCUT2D eigenvalue weighted by Gasteiger charge is -2.29. The minimum absolute atomic E-state index is 0.161. The fraction of sp³-hybridized carbons (Fsp3) is 0.286. The van der Waals surface area contributed by atoms with Gasteiger partial charge in [-0.2, -0.15) is 0 Å². The smallest absolute Gasteiger partial charge is 0.244 e. The van der Waals surface area contributed by atoms with E-state index < -0.39 is 11.6 Å². The van der Waals surface area contributed by atoms with Crippen LogP contribution in [0.15, 0.2) is 48.5 Å². The second kappa shape index (κ2) is 8.77. The van der Waals surface area contributed by atoms with Crippen LogP contribution in [0.3, 0.4) is 0 Å². The summed E-state index contributed by atoms with van der Waals surface area (Å²) >= 11 is 0. The number of morpholine rings is 1. The van der Waals surface area contributed by atoms with Gasteiger partial charge in [0.25, 0.3) is 0 Å². The van der Waals surface area contributed by atoms with E-state index in [1.165, 1.54) is 18.2 Å². The monoisotopic (exact) mass is 372 g/mol. The molecular formula is C21H22F2N2O2. The lowest BCUT2D eigenvalue weighted by molar-refractivity contribution is -0.117. The van der Waals surface area contributed by atoms with E-state index in [0.717, 1.165) is 36.5 Å². The predicted octanol–water partition coefficient (Wildman–Crippen LogP) is 3.69. The van der Waals surface area contributed by atoms with Gasteiger partial charge in [-0.25, -0.2) is 8.78 Å². The number of anilines is 1. The molecule has 1 aliphatic rings. The first-order valence-electron chi connectivity index (χ1n) is 8.89. The number of rotatable bonds is 5. The van der Waals surface area contributed by atoms with E-state index in [1.54, 1.807) is 0 Å². The maximum absolute atomic E-state index is 13.6. The number of amides is 1. The van der Waals surface area contributed by atoms with E-state index in [0.29, 0.717) is 13.2 Å². The summed E-state index contributed by atoms with van der Waals surface area (Å²) in [5, 5.41) is 2.86. The molecule has 0 bridgehead atoms. The van der Waals surface area contributed by atoms with E-state index >= 15 is 0 Å². The highest BCUT2D eigenvalue weighted by Gasteiger charge is 2.14. The molecule has 1 unspecified atom stereocenters. The van der Waals surface area contributed by atoms with E-state index in [9.17, 15) is 13.6 Å². The Balaban J connectivity index is 1.63. The Morgan fingerprint density at radius 3 is 2.70 bits per heavy atom. The van der Waals surface area contributed by atoms with Gasteiger partial charge in [0.15, 0.2) is 0 Å². The van der Waals surface area contributed by atoms with Crippen LogP contribution < -0.4 is 10.2 Å². The Kier molecular flexibility index (Phi) is 6.19. The Hall–Kier alpha value is -2.73. The van der Waals surface area contributed by atoms with Gasteiger partial charge < -0.3 is 15.0 Å². The van der Waals surface area contributed by atoms with Crippen molar-refractivity contribution in [3.05, 3.63) is 71.3 Å². The third-order valence-corrected chi connectivity index (χ3v) is 4.48. The van der Waals surface area contributed by atoms with Gasteiger partial charge in [0.05, 0.1) is 19.3 Å². The summed E-state index contributed by atoms with van der Waals surface area (Å²) in [4.78, 5) is 14.4. The summed E-state index contributed by atoms with van der Waals surface area (Å²) in [6, 6.07) is 11.0. The Bertz CT molecular complexity index is 833. The summed E-state index contributed by atoms with van der Waals surface area (Å²) in [7, 11) is 0. The van der Waals surface area contributed by atoms with E-state index in [4.69, 9.17) is 4.74 Å². The zero-order valence-electron chi connectivity index (χ0n) is 15.1. The van der Waals surface area contributed by atoms with E-state index in [-0.39, 0.29) is 17.5 Å². The third-order valence-electron chi connectivity index (χ3n) is 4.48. The van der Waals surface area contributed by atoms with Crippen molar-refractivity contribution in [1.82, 2.24) is 5.32 Å². The number of nitrogens with zero attached hydrogens (tertiary/aromatic N) is 1. The van der Waals surface area contributed by atoms with Crippen LogP contribution in [0.25, 0.3) is 6.08 Å². The molecule has 1 heterocycles. The highest BCUT2D eigenvalue weighted by atomic mass is 19.1.